The molecule has 0 heterocycles. The molecule has 2 aromatic rings. The van der Waals surface area contributed by atoms with E-state index in [2.05, 4.69) is 10.2 Å². The zero-order chi connectivity index (χ0) is 18.9. The number of hydrogen-bond acceptors (Lipinski definition) is 6. The third kappa shape index (κ3) is 5.75. The Labute approximate surface area is 149 Å². The number of benzene rings is 2. The zero-order valence-corrected chi connectivity index (χ0v) is 13.9. The number of allylic oxidation sites excluding steroid dienone is 1. The number of nitrogens with one attached hydrogen (secondary N) is 1. The molecule has 0 aliphatic rings. The molecule has 2 aromatic carbocycles. The van der Waals surface area contributed by atoms with Crippen LogP contribution in [0.4, 0.5) is 5.69 Å². The summed E-state index contributed by atoms with van der Waals surface area (Å²) in [6, 6.07) is 13.4. The van der Waals surface area contributed by atoms with Crippen molar-refractivity contribution in [1.82, 2.24) is 0 Å². The van der Waals surface area contributed by atoms with Gasteiger partial charge in [0, 0.05) is 11.3 Å². The Hall–Kier alpha value is -3.68. The van der Waals surface area contributed by atoms with Crippen molar-refractivity contribution in [2.24, 2.45) is 0 Å². The average Bonchev–Trinajstić information content (AvgIpc) is 2.65. The van der Waals surface area contributed by atoms with Crippen molar-refractivity contribution in [3.63, 3.8) is 0 Å². The third-order valence-corrected chi connectivity index (χ3v) is 3.30. The van der Waals surface area contributed by atoms with Crippen LogP contribution in [-0.2, 0) is 9.63 Å². The first kappa shape index (κ1) is 18.7. The number of rotatable bonds is 8. The second-order valence-corrected chi connectivity index (χ2v) is 5.09. The summed E-state index contributed by atoms with van der Waals surface area (Å²) >= 11 is 0. The molecule has 0 unspecified atom stereocenters. The minimum Gasteiger partial charge on any atom is -0.497 e. The van der Waals surface area contributed by atoms with Gasteiger partial charge < -0.3 is 14.9 Å². The van der Waals surface area contributed by atoms with E-state index in [1.165, 1.54) is 18.2 Å². The molecule has 0 saturated carbocycles. The van der Waals surface area contributed by atoms with Crippen LogP contribution in [0.3, 0.4) is 0 Å². The van der Waals surface area contributed by atoms with E-state index in [9.17, 15) is 19.7 Å². The molecule has 0 atom stereocenters. The average molecular weight is 356 g/mol. The number of carbonyl (C=O) groups excluding carboxylic acids is 2. The van der Waals surface area contributed by atoms with Crippen molar-refractivity contribution in [2.45, 2.75) is 0 Å². The number of carbonyl (C=O) groups is 2. The quantitative estimate of drug-likeness (QED) is 0.337. The first-order valence-corrected chi connectivity index (χ1v) is 7.51. The normalized spacial score (nSPS) is 10.3. The fraction of sp³-hybridized carbons (Fsp3) is 0.111. The number of ether oxygens (including phenoxy) is 1. The van der Waals surface area contributed by atoms with E-state index in [-0.39, 0.29) is 5.78 Å². The Bertz CT molecular complexity index is 813. The third-order valence-electron chi connectivity index (χ3n) is 3.30. The van der Waals surface area contributed by atoms with Crippen molar-refractivity contribution in [1.29, 1.82) is 0 Å². The van der Waals surface area contributed by atoms with Crippen LogP contribution in [0.25, 0.3) is 6.08 Å². The first-order valence-electron chi connectivity index (χ1n) is 7.51. The Kier molecular flexibility index (Phi) is 6.44. The highest BCUT2D eigenvalue weighted by Crippen LogP contribution is 2.14. The van der Waals surface area contributed by atoms with Crippen LogP contribution in [0.1, 0.15) is 15.9 Å². The van der Waals surface area contributed by atoms with E-state index in [4.69, 9.17) is 4.74 Å². The number of anilines is 1. The minimum atomic E-state index is -1.05. The molecular weight excluding hydrogens is 340 g/mol. The second kappa shape index (κ2) is 8.97. The van der Waals surface area contributed by atoms with Gasteiger partial charge in [0.2, 0.25) is 5.91 Å². The first-order chi connectivity index (χ1) is 12.5. The van der Waals surface area contributed by atoms with Crippen LogP contribution in [0.2, 0.25) is 0 Å². The summed E-state index contributed by atoms with van der Waals surface area (Å²) in [6.07, 6.45) is 3.13. The zero-order valence-electron chi connectivity index (χ0n) is 13.9. The van der Waals surface area contributed by atoms with Crippen LogP contribution in [0.5, 0.6) is 5.75 Å². The molecule has 0 spiro atoms. The molecule has 0 radical (unpaired) electrons. The van der Waals surface area contributed by atoms with E-state index >= 15 is 0 Å². The predicted octanol–water partition coefficient (Wildman–Crippen LogP) is 2.74. The second-order valence-electron chi connectivity index (χ2n) is 5.09. The summed E-state index contributed by atoms with van der Waals surface area (Å²) in [4.78, 5) is 37.6. The monoisotopic (exact) mass is 356 g/mol. The van der Waals surface area contributed by atoms with E-state index in [1.54, 1.807) is 37.5 Å². The molecule has 8 heteroatoms. The van der Waals surface area contributed by atoms with Crippen molar-refractivity contribution in [3.8, 4) is 5.75 Å². The molecule has 134 valence electrons. The fourth-order valence-corrected chi connectivity index (χ4v) is 2.01. The smallest absolute Gasteiger partial charge is 0.295 e. The van der Waals surface area contributed by atoms with Gasteiger partial charge in [-0.05, 0) is 48.0 Å². The standard InChI is InChI=1S/C18H16N2O6/c1-25-16-9-2-13(3-10-16)4-11-17(21)14-5-7-15(8-6-14)19-18(22)12-26-20(23)24/h2-11H,12H2,1H3,(H,19,22)/b11-4+. The molecule has 0 bridgehead atoms. The lowest BCUT2D eigenvalue weighted by atomic mass is 10.1. The van der Waals surface area contributed by atoms with Gasteiger partial charge in [0.1, 0.15) is 5.75 Å². The van der Waals surface area contributed by atoms with Crippen LogP contribution in [-0.4, -0.2) is 30.5 Å². The number of ketones is 1. The predicted molar refractivity (Wildman–Crippen MR) is 94.4 cm³/mol. The van der Waals surface area contributed by atoms with E-state index in [0.717, 1.165) is 11.3 Å². The van der Waals surface area contributed by atoms with E-state index in [1.807, 2.05) is 12.1 Å². The Balaban J connectivity index is 1.94. The molecule has 0 aliphatic carbocycles. The lowest BCUT2D eigenvalue weighted by molar-refractivity contribution is -0.754. The minimum absolute atomic E-state index is 0.199. The molecule has 0 aliphatic heterocycles. The van der Waals surface area contributed by atoms with Crippen molar-refractivity contribution >= 4 is 23.5 Å². The molecule has 1 amide bonds. The van der Waals surface area contributed by atoms with Gasteiger partial charge in [-0.25, -0.2) is 0 Å². The van der Waals surface area contributed by atoms with Gasteiger partial charge in [0.05, 0.1) is 7.11 Å². The largest absolute Gasteiger partial charge is 0.497 e. The molecule has 0 aromatic heterocycles. The molecule has 2 rings (SSSR count). The molecule has 1 N–H and O–H groups in total. The highest BCUT2D eigenvalue weighted by Gasteiger charge is 2.06. The summed E-state index contributed by atoms with van der Waals surface area (Å²) in [5.41, 5.74) is 1.70. The Morgan fingerprint density at radius 2 is 1.77 bits per heavy atom. The molecule has 8 nitrogen and oxygen atoms in total. The summed E-state index contributed by atoms with van der Waals surface area (Å²) < 4.78 is 5.07. The Morgan fingerprint density at radius 3 is 2.35 bits per heavy atom. The maximum absolute atomic E-state index is 12.2. The van der Waals surface area contributed by atoms with Crippen molar-refractivity contribution in [2.75, 3.05) is 19.0 Å². The molecule has 0 fully saturated rings. The highest BCUT2D eigenvalue weighted by atomic mass is 16.9. The van der Waals surface area contributed by atoms with Crippen molar-refractivity contribution in [3.05, 3.63) is 75.8 Å². The van der Waals surface area contributed by atoms with Gasteiger partial charge in [-0.1, -0.05) is 18.2 Å². The Morgan fingerprint density at radius 1 is 1.12 bits per heavy atom. The maximum Gasteiger partial charge on any atom is 0.295 e. The van der Waals surface area contributed by atoms with E-state index < -0.39 is 17.6 Å². The lowest BCUT2D eigenvalue weighted by Gasteiger charge is -2.05. The van der Waals surface area contributed by atoms with Gasteiger partial charge in [0.15, 0.2) is 12.4 Å². The number of hydrogen-bond donors (Lipinski definition) is 1. The summed E-state index contributed by atoms with van der Waals surface area (Å²) in [5.74, 6) is -0.134. The maximum atomic E-state index is 12.2. The lowest BCUT2D eigenvalue weighted by Crippen LogP contribution is -2.20. The molecule has 26 heavy (non-hydrogen) atoms. The van der Waals surface area contributed by atoms with Gasteiger partial charge >= 0.3 is 0 Å². The molecular formula is C18H16N2O6. The van der Waals surface area contributed by atoms with Crippen LogP contribution < -0.4 is 10.1 Å². The fourth-order valence-electron chi connectivity index (χ4n) is 2.01. The number of amides is 1. The van der Waals surface area contributed by atoms with Crippen LogP contribution in [0, 0.1) is 10.1 Å². The van der Waals surface area contributed by atoms with Crippen LogP contribution >= 0.6 is 0 Å². The SMILES string of the molecule is COc1ccc(/C=C/C(=O)c2ccc(NC(=O)CO[N+](=O)[O-])cc2)cc1. The number of nitrogens with zero attached hydrogens (tertiary/aromatic N) is 1. The van der Waals surface area contributed by atoms with Gasteiger partial charge in [-0.15, -0.1) is 10.1 Å². The van der Waals surface area contributed by atoms with Gasteiger partial charge in [-0.2, -0.15) is 0 Å². The molecule has 0 saturated heterocycles. The van der Waals surface area contributed by atoms with Crippen LogP contribution in [0.15, 0.2) is 54.6 Å². The van der Waals surface area contributed by atoms with Gasteiger partial charge in [0.25, 0.3) is 5.09 Å². The summed E-state index contributed by atoms with van der Waals surface area (Å²) in [6.45, 7) is -0.696. The highest BCUT2D eigenvalue weighted by molar-refractivity contribution is 6.07. The summed E-state index contributed by atoms with van der Waals surface area (Å²) in [5, 5.41) is 11.4. The summed E-state index contributed by atoms with van der Waals surface area (Å²) in [7, 11) is 1.58. The van der Waals surface area contributed by atoms with Gasteiger partial charge in [-0.3, -0.25) is 9.59 Å². The van der Waals surface area contributed by atoms with E-state index in [0.29, 0.717) is 11.3 Å². The number of methoxy groups -OCH3 is 1. The topological polar surface area (TPSA) is 108 Å². The van der Waals surface area contributed by atoms with Crippen molar-refractivity contribution < 1.29 is 24.3 Å².